The Bertz CT molecular complexity index is 1390. The van der Waals surface area contributed by atoms with E-state index in [9.17, 15) is 9.90 Å². The van der Waals surface area contributed by atoms with E-state index in [-0.39, 0.29) is 29.2 Å². The maximum absolute atomic E-state index is 12.6. The zero-order valence-electron chi connectivity index (χ0n) is 23.0. The number of pyridine rings is 2. The Morgan fingerprint density at radius 2 is 1.86 bits per heavy atom. The molecule has 0 bridgehead atoms. The van der Waals surface area contributed by atoms with E-state index in [4.69, 9.17) is 4.98 Å². The fraction of sp³-hybridized carbons (Fsp3) is 0.536. The molecule has 0 radical (unpaired) electrons. The van der Waals surface area contributed by atoms with Crippen LogP contribution in [0.25, 0.3) is 16.6 Å². The Morgan fingerprint density at radius 1 is 1.17 bits per heavy atom. The SMILES string of the molecule is Cc1[nH]c(=O)c(CNC(O)c2cc(C3=CC(C)(C)NC(C)(C)C3)nc3c2cnn3C(C)C)c(C)c1C. The second-order valence-electron chi connectivity index (χ2n) is 11.7. The summed E-state index contributed by atoms with van der Waals surface area (Å²) in [5.74, 6) is 0. The van der Waals surface area contributed by atoms with Crippen molar-refractivity contribution >= 4 is 16.6 Å². The molecule has 8 heteroatoms. The van der Waals surface area contributed by atoms with Gasteiger partial charge >= 0.3 is 0 Å². The van der Waals surface area contributed by atoms with Crippen molar-refractivity contribution in [1.82, 2.24) is 30.4 Å². The molecule has 1 aliphatic heterocycles. The number of aliphatic hydroxyl groups is 1. The van der Waals surface area contributed by atoms with E-state index in [1.807, 2.05) is 31.5 Å². The van der Waals surface area contributed by atoms with Crippen LogP contribution in [0, 0.1) is 20.8 Å². The summed E-state index contributed by atoms with van der Waals surface area (Å²) >= 11 is 0. The first-order valence-electron chi connectivity index (χ1n) is 12.7. The summed E-state index contributed by atoms with van der Waals surface area (Å²) in [5, 5.41) is 23.6. The number of aryl methyl sites for hydroxylation is 1. The van der Waals surface area contributed by atoms with Crippen LogP contribution in [-0.4, -0.2) is 35.9 Å². The third kappa shape index (κ3) is 5.03. The molecular weight excluding hydrogens is 452 g/mol. The lowest BCUT2D eigenvalue weighted by Gasteiger charge is -2.41. The smallest absolute Gasteiger partial charge is 0.252 e. The van der Waals surface area contributed by atoms with Crippen molar-refractivity contribution in [2.75, 3.05) is 0 Å². The fourth-order valence-electron chi connectivity index (χ4n) is 5.43. The third-order valence-corrected chi connectivity index (χ3v) is 7.16. The second-order valence-corrected chi connectivity index (χ2v) is 11.7. The Balaban J connectivity index is 1.78. The summed E-state index contributed by atoms with van der Waals surface area (Å²) in [6.07, 6.45) is 3.81. The van der Waals surface area contributed by atoms with Crippen LogP contribution in [0.5, 0.6) is 0 Å². The lowest BCUT2D eigenvalue weighted by Crippen LogP contribution is -2.53. The lowest BCUT2D eigenvalue weighted by molar-refractivity contribution is 0.138. The largest absolute Gasteiger partial charge is 0.374 e. The maximum atomic E-state index is 12.6. The van der Waals surface area contributed by atoms with Gasteiger partial charge in [0, 0.05) is 45.9 Å². The molecule has 1 unspecified atom stereocenters. The molecular formula is C28H40N6O2. The van der Waals surface area contributed by atoms with E-state index in [2.05, 4.69) is 68.3 Å². The first kappa shape index (κ1) is 26.3. The first-order chi connectivity index (χ1) is 16.7. The van der Waals surface area contributed by atoms with Crippen molar-refractivity contribution < 1.29 is 5.11 Å². The van der Waals surface area contributed by atoms with Gasteiger partial charge in [0.2, 0.25) is 0 Å². The van der Waals surface area contributed by atoms with Gasteiger partial charge < -0.3 is 15.4 Å². The molecule has 1 aliphatic rings. The number of H-pyrrole nitrogens is 1. The summed E-state index contributed by atoms with van der Waals surface area (Å²) in [7, 11) is 0. The molecule has 3 aromatic rings. The molecule has 3 aromatic heterocycles. The Labute approximate surface area is 213 Å². The highest BCUT2D eigenvalue weighted by Gasteiger charge is 2.33. The zero-order chi connectivity index (χ0) is 26.6. The van der Waals surface area contributed by atoms with Crippen LogP contribution in [0.1, 0.15) is 93.9 Å². The zero-order valence-corrected chi connectivity index (χ0v) is 23.0. The molecule has 36 heavy (non-hydrogen) atoms. The minimum absolute atomic E-state index is 0.0958. The van der Waals surface area contributed by atoms with Crippen molar-refractivity contribution in [3.05, 3.63) is 62.3 Å². The monoisotopic (exact) mass is 492 g/mol. The Morgan fingerprint density at radius 3 is 2.50 bits per heavy atom. The fourth-order valence-corrected chi connectivity index (χ4v) is 5.43. The van der Waals surface area contributed by atoms with E-state index in [0.717, 1.165) is 45.5 Å². The third-order valence-electron chi connectivity index (χ3n) is 7.16. The van der Waals surface area contributed by atoms with E-state index in [1.165, 1.54) is 0 Å². The predicted molar refractivity (Wildman–Crippen MR) is 145 cm³/mol. The van der Waals surface area contributed by atoms with E-state index < -0.39 is 6.23 Å². The molecule has 0 spiro atoms. The number of hydrogen-bond acceptors (Lipinski definition) is 6. The van der Waals surface area contributed by atoms with Crippen LogP contribution in [-0.2, 0) is 6.54 Å². The van der Waals surface area contributed by atoms with Crippen molar-refractivity contribution in [3.63, 3.8) is 0 Å². The van der Waals surface area contributed by atoms with Crippen molar-refractivity contribution in [2.45, 2.75) is 98.6 Å². The van der Waals surface area contributed by atoms with Gasteiger partial charge in [-0.2, -0.15) is 5.10 Å². The molecule has 1 atom stereocenters. The highest BCUT2D eigenvalue weighted by atomic mass is 16.3. The standard InChI is InChI=1S/C28H40N6O2/c1-15(2)34-24-22(14-30-34)20(10-23(32-24)19-11-27(6,7)33-28(8,9)12-19)25(35)29-13-21-17(4)16(3)18(5)31-26(21)36/h10-11,14-15,25,29,33,35H,12-13H2,1-9H3,(H,31,36). The number of rotatable bonds is 6. The quantitative estimate of drug-likeness (QED) is 0.381. The van der Waals surface area contributed by atoms with Gasteiger partial charge in [-0.1, -0.05) is 6.08 Å². The summed E-state index contributed by atoms with van der Waals surface area (Å²) in [6, 6.07) is 2.09. The van der Waals surface area contributed by atoms with Crippen LogP contribution in [0.15, 0.2) is 23.1 Å². The van der Waals surface area contributed by atoms with Crippen LogP contribution < -0.4 is 16.2 Å². The molecule has 4 N–H and O–H groups in total. The first-order valence-corrected chi connectivity index (χ1v) is 12.7. The normalized spacial score (nSPS) is 18.0. The molecule has 4 rings (SSSR count). The van der Waals surface area contributed by atoms with Gasteiger partial charge in [0.05, 0.1) is 11.9 Å². The highest BCUT2D eigenvalue weighted by molar-refractivity contribution is 5.82. The molecule has 194 valence electrons. The van der Waals surface area contributed by atoms with E-state index >= 15 is 0 Å². The number of aromatic amines is 1. The molecule has 4 heterocycles. The second kappa shape index (κ2) is 9.25. The summed E-state index contributed by atoms with van der Waals surface area (Å²) in [5.41, 5.74) is 6.49. The minimum atomic E-state index is -0.997. The Hall–Kier alpha value is -2.81. The highest BCUT2D eigenvalue weighted by Crippen LogP contribution is 2.35. The van der Waals surface area contributed by atoms with E-state index in [1.54, 1.807) is 6.20 Å². The average Bonchev–Trinajstić information content (AvgIpc) is 3.19. The van der Waals surface area contributed by atoms with Crippen molar-refractivity contribution in [3.8, 4) is 0 Å². The Kier molecular flexibility index (Phi) is 6.75. The molecule has 0 saturated heterocycles. The molecule has 0 amide bonds. The number of nitrogens with zero attached hydrogens (tertiary/aromatic N) is 3. The van der Waals surface area contributed by atoms with Crippen LogP contribution >= 0.6 is 0 Å². The maximum Gasteiger partial charge on any atom is 0.252 e. The van der Waals surface area contributed by atoms with Gasteiger partial charge in [-0.15, -0.1) is 0 Å². The summed E-state index contributed by atoms with van der Waals surface area (Å²) in [4.78, 5) is 20.6. The number of aromatic nitrogens is 4. The number of nitrogens with one attached hydrogen (secondary N) is 3. The predicted octanol–water partition coefficient (Wildman–Crippen LogP) is 4.34. The molecule has 8 nitrogen and oxygen atoms in total. The molecule has 0 fully saturated rings. The van der Waals surface area contributed by atoms with Gasteiger partial charge in [0.1, 0.15) is 6.23 Å². The van der Waals surface area contributed by atoms with Gasteiger partial charge in [-0.3, -0.25) is 10.1 Å². The van der Waals surface area contributed by atoms with Crippen molar-refractivity contribution in [2.24, 2.45) is 0 Å². The van der Waals surface area contributed by atoms with Gasteiger partial charge in [0.15, 0.2) is 5.65 Å². The van der Waals surface area contributed by atoms with Crippen molar-refractivity contribution in [1.29, 1.82) is 0 Å². The topological polar surface area (TPSA) is 108 Å². The van der Waals surface area contributed by atoms with E-state index in [0.29, 0.717) is 11.1 Å². The summed E-state index contributed by atoms with van der Waals surface area (Å²) in [6.45, 7) is 18.9. The lowest BCUT2D eigenvalue weighted by atomic mass is 9.82. The average molecular weight is 493 g/mol. The van der Waals surface area contributed by atoms with Crippen LogP contribution in [0.2, 0.25) is 0 Å². The number of aliphatic hydroxyl groups excluding tert-OH is 1. The van der Waals surface area contributed by atoms with Crippen LogP contribution in [0.4, 0.5) is 0 Å². The van der Waals surface area contributed by atoms with Crippen LogP contribution in [0.3, 0.4) is 0 Å². The van der Waals surface area contributed by atoms with Gasteiger partial charge in [-0.05, 0) is 91.5 Å². The molecule has 0 saturated carbocycles. The number of fused-ring (bicyclic) bond motifs is 1. The molecule has 0 aromatic carbocycles. The molecule has 0 aliphatic carbocycles. The van der Waals surface area contributed by atoms with Gasteiger partial charge in [-0.25, -0.2) is 9.67 Å². The van der Waals surface area contributed by atoms with Gasteiger partial charge in [0.25, 0.3) is 5.56 Å². The number of hydrogen-bond donors (Lipinski definition) is 4. The summed E-state index contributed by atoms with van der Waals surface area (Å²) < 4.78 is 1.89. The minimum Gasteiger partial charge on any atom is -0.374 e.